The fourth-order valence-corrected chi connectivity index (χ4v) is 4.10. The van der Waals surface area contributed by atoms with E-state index < -0.39 is 0 Å². The summed E-state index contributed by atoms with van der Waals surface area (Å²) in [6.45, 7) is 4.12. The van der Waals surface area contributed by atoms with Crippen molar-refractivity contribution >= 4 is 23.1 Å². The van der Waals surface area contributed by atoms with Crippen molar-refractivity contribution in [2.75, 3.05) is 12.4 Å². The molecule has 0 aromatic heterocycles. The Hall–Kier alpha value is -4.24. The van der Waals surface area contributed by atoms with Crippen molar-refractivity contribution in [1.82, 2.24) is 0 Å². The lowest BCUT2D eigenvalue weighted by Gasteiger charge is -2.29. The van der Waals surface area contributed by atoms with Gasteiger partial charge in [-0.1, -0.05) is 24.3 Å². The molecule has 0 atom stereocenters. The van der Waals surface area contributed by atoms with Gasteiger partial charge in [0.25, 0.3) is 5.91 Å². The number of ether oxygens (including phenoxy) is 1. The molecule has 0 bridgehead atoms. The number of carbonyl (C=O) groups is 2. The van der Waals surface area contributed by atoms with Gasteiger partial charge in [0, 0.05) is 22.4 Å². The van der Waals surface area contributed by atoms with Crippen LogP contribution in [0.2, 0.25) is 0 Å². The number of fused-ring (bicyclic) bond motifs is 1. The number of nitriles is 1. The van der Waals surface area contributed by atoms with Gasteiger partial charge in [-0.15, -0.1) is 0 Å². The van der Waals surface area contributed by atoms with Crippen LogP contribution in [-0.2, 0) is 6.42 Å². The Kier molecular flexibility index (Phi) is 6.29. The zero-order valence-corrected chi connectivity index (χ0v) is 19.4. The van der Waals surface area contributed by atoms with E-state index in [0.29, 0.717) is 22.4 Å². The first-order valence-electron chi connectivity index (χ1n) is 11.0. The third kappa shape index (κ3) is 5.05. The molecule has 1 heterocycles. The standard InChI is InChI=1S/C28H25N3O3/c1-28(2)16-21-11-12-23(34-3)14-24(21)25(31-28)15-26(32)19-7-9-20(10-8-19)27(33)30-22-6-4-5-18(13-22)17-29/h4-14H,15-16H2,1-3H3,(H,30,33). The first kappa shape index (κ1) is 22.9. The number of Topliss-reactive ketones (excluding diaryl/α,β-unsaturated/α-hetero) is 1. The molecule has 0 aliphatic carbocycles. The number of anilines is 1. The van der Waals surface area contributed by atoms with E-state index in [4.69, 9.17) is 15.0 Å². The highest BCUT2D eigenvalue weighted by Gasteiger charge is 2.28. The van der Waals surface area contributed by atoms with Gasteiger partial charge in [0.2, 0.25) is 0 Å². The summed E-state index contributed by atoms with van der Waals surface area (Å²) < 4.78 is 5.37. The van der Waals surface area contributed by atoms with Crippen molar-refractivity contribution in [3.05, 3.63) is 94.5 Å². The van der Waals surface area contributed by atoms with Crippen LogP contribution in [0.1, 0.15) is 57.7 Å². The lowest BCUT2D eigenvalue weighted by Crippen LogP contribution is -2.30. The van der Waals surface area contributed by atoms with E-state index in [2.05, 4.69) is 19.2 Å². The van der Waals surface area contributed by atoms with Gasteiger partial charge < -0.3 is 10.1 Å². The predicted molar refractivity (Wildman–Crippen MR) is 132 cm³/mol. The second-order valence-electron chi connectivity index (χ2n) is 8.89. The number of hydrogen-bond donors (Lipinski definition) is 1. The molecule has 6 heteroatoms. The Morgan fingerprint density at radius 2 is 1.79 bits per heavy atom. The Morgan fingerprint density at radius 1 is 1.06 bits per heavy atom. The zero-order chi connectivity index (χ0) is 24.3. The minimum Gasteiger partial charge on any atom is -0.497 e. The van der Waals surface area contributed by atoms with E-state index >= 15 is 0 Å². The normalized spacial score (nSPS) is 13.8. The van der Waals surface area contributed by atoms with Crippen molar-refractivity contribution in [2.45, 2.75) is 32.2 Å². The fourth-order valence-electron chi connectivity index (χ4n) is 4.10. The Bertz CT molecular complexity index is 1330. The van der Waals surface area contributed by atoms with Gasteiger partial charge >= 0.3 is 0 Å². The van der Waals surface area contributed by atoms with Crippen LogP contribution >= 0.6 is 0 Å². The second-order valence-corrected chi connectivity index (χ2v) is 8.89. The van der Waals surface area contributed by atoms with Crippen LogP contribution in [0.25, 0.3) is 0 Å². The average Bonchev–Trinajstić information content (AvgIpc) is 2.83. The summed E-state index contributed by atoms with van der Waals surface area (Å²) in [6.07, 6.45) is 0.960. The SMILES string of the molecule is COc1ccc2c(c1)C(CC(=O)c1ccc(C(=O)Nc3cccc(C#N)c3)cc1)=NC(C)(C)C2. The maximum absolute atomic E-state index is 13.1. The van der Waals surface area contributed by atoms with Gasteiger partial charge in [-0.2, -0.15) is 5.26 Å². The molecule has 1 aliphatic heterocycles. The van der Waals surface area contributed by atoms with Crippen LogP contribution in [-0.4, -0.2) is 30.1 Å². The van der Waals surface area contributed by atoms with Crippen molar-refractivity contribution in [3.8, 4) is 11.8 Å². The van der Waals surface area contributed by atoms with Crippen LogP contribution in [0.5, 0.6) is 5.75 Å². The fraction of sp³-hybridized carbons (Fsp3) is 0.214. The molecule has 6 nitrogen and oxygen atoms in total. The average molecular weight is 452 g/mol. The molecule has 34 heavy (non-hydrogen) atoms. The number of amides is 1. The molecular formula is C28H25N3O3. The lowest BCUT2D eigenvalue weighted by atomic mass is 9.85. The number of hydrogen-bond acceptors (Lipinski definition) is 5. The minimum absolute atomic E-state index is 0.0705. The Morgan fingerprint density at radius 3 is 2.50 bits per heavy atom. The molecule has 0 saturated carbocycles. The molecule has 3 aromatic rings. The van der Waals surface area contributed by atoms with E-state index in [1.165, 1.54) is 0 Å². The zero-order valence-electron chi connectivity index (χ0n) is 19.4. The number of aliphatic imine (C=N–C) groups is 1. The predicted octanol–water partition coefficient (Wildman–Crippen LogP) is 5.22. The van der Waals surface area contributed by atoms with E-state index in [-0.39, 0.29) is 23.7 Å². The summed E-state index contributed by atoms with van der Waals surface area (Å²) in [6, 6.07) is 21.2. The number of benzene rings is 3. The molecule has 0 saturated heterocycles. The van der Waals surface area contributed by atoms with Gasteiger partial charge in [-0.05, 0) is 68.3 Å². The van der Waals surface area contributed by atoms with Crippen LogP contribution in [0.3, 0.4) is 0 Å². The number of carbonyl (C=O) groups excluding carboxylic acids is 2. The number of ketones is 1. The molecule has 1 aliphatic rings. The molecule has 0 unspecified atom stereocenters. The molecule has 4 rings (SSSR count). The smallest absolute Gasteiger partial charge is 0.255 e. The number of methoxy groups -OCH3 is 1. The summed E-state index contributed by atoms with van der Waals surface area (Å²) in [5.74, 6) is 0.349. The first-order chi connectivity index (χ1) is 16.3. The van der Waals surface area contributed by atoms with Crippen LogP contribution in [0.15, 0.2) is 71.7 Å². The largest absolute Gasteiger partial charge is 0.497 e. The molecule has 3 aromatic carbocycles. The van der Waals surface area contributed by atoms with Gasteiger partial charge in [0.1, 0.15) is 5.75 Å². The molecule has 1 amide bonds. The quantitative estimate of drug-likeness (QED) is 0.521. The van der Waals surface area contributed by atoms with Crippen molar-refractivity contribution in [3.63, 3.8) is 0 Å². The molecule has 1 N–H and O–H groups in total. The first-order valence-corrected chi connectivity index (χ1v) is 11.0. The summed E-state index contributed by atoms with van der Waals surface area (Å²) >= 11 is 0. The van der Waals surface area contributed by atoms with E-state index in [1.54, 1.807) is 55.6 Å². The highest BCUT2D eigenvalue weighted by molar-refractivity contribution is 6.17. The summed E-state index contributed by atoms with van der Waals surface area (Å²) in [5.41, 5.74) is 4.49. The molecular weight excluding hydrogens is 426 g/mol. The number of rotatable bonds is 6. The number of nitrogens with one attached hydrogen (secondary N) is 1. The topological polar surface area (TPSA) is 91.5 Å². The van der Waals surface area contributed by atoms with Crippen molar-refractivity contribution in [1.29, 1.82) is 5.26 Å². The van der Waals surface area contributed by atoms with Gasteiger partial charge in [-0.25, -0.2) is 0 Å². The molecule has 0 spiro atoms. The maximum atomic E-state index is 13.1. The number of nitrogens with zero attached hydrogens (tertiary/aromatic N) is 2. The highest BCUT2D eigenvalue weighted by atomic mass is 16.5. The second kappa shape index (κ2) is 9.32. The third-order valence-corrected chi connectivity index (χ3v) is 5.74. The van der Waals surface area contributed by atoms with Crippen molar-refractivity contribution in [2.24, 2.45) is 4.99 Å². The van der Waals surface area contributed by atoms with Crippen LogP contribution < -0.4 is 10.1 Å². The van der Waals surface area contributed by atoms with E-state index in [1.807, 2.05) is 24.3 Å². The lowest BCUT2D eigenvalue weighted by molar-refractivity contribution is 0.0995. The minimum atomic E-state index is -0.312. The van der Waals surface area contributed by atoms with Crippen LogP contribution in [0, 0.1) is 11.3 Å². The van der Waals surface area contributed by atoms with Crippen molar-refractivity contribution < 1.29 is 14.3 Å². The summed E-state index contributed by atoms with van der Waals surface area (Å²) in [4.78, 5) is 30.5. The van der Waals surface area contributed by atoms with E-state index in [9.17, 15) is 9.59 Å². The van der Waals surface area contributed by atoms with Crippen LogP contribution in [0.4, 0.5) is 5.69 Å². The molecule has 0 radical (unpaired) electrons. The third-order valence-electron chi connectivity index (χ3n) is 5.74. The highest BCUT2D eigenvalue weighted by Crippen LogP contribution is 2.31. The summed E-state index contributed by atoms with van der Waals surface area (Å²) in [7, 11) is 1.62. The maximum Gasteiger partial charge on any atom is 0.255 e. The van der Waals surface area contributed by atoms with Gasteiger partial charge in [-0.3, -0.25) is 14.6 Å². The molecule has 170 valence electrons. The van der Waals surface area contributed by atoms with E-state index in [0.717, 1.165) is 29.0 Å². The Balaban J connectivity index is 1.50. The van der Waals surface area contributed by atoms with Gasteiger partial charge in [0.15, 0.2) is 5.78 Å². The summed E-state index contributed by atoms with van der Waals surface area (Å²) in [5, 5.41) is 11.8. The monoisotopic (exact) mass is 451 g/mol. The molecule has 0 fully saturated rings. The Labute approximate surface area is 198 Å². The van der Waals surface area contributed by atoms with Gasteiger partial charge in [0.05, 0.1) is 36.4 Å².